The van der Waals surface area contributed by atoms with Crippen LogP contribution in [0.5, 0.6) is 0 Å². The highest BCUT2D eigenvalue weighted by Gasteiger charge is 2.31. The summed E-state index contributed by atoms with van der Waals surface area (Å²) in [5.41, 5.74) is 0. The van der Waals surface area contributed by atoms with Gasteiger partial charge in [0.2, 0.25) is 11.8 Å². The molecule has 0 aliphatic carbocycles. The summed E-state index contributed by atoms with van der Waals surface area (Å²) in [6.45, 7) is 8.53. The van der Waals surface area contributed by atoms with Crippen LogP contribution in [-0.2, 0) is 9.59 Å². The Balaban J connectivity index is 1.44. The van der Waals surface area contributed by atoms with Crippen LogP contribution >= 0.6 is 0 Å². The highest BCUT2D eigenvalue weighted by Crippen LogP contribution is 2.20. The van der Waals surface area contributed by atoms with Crippen LogP contribution < -0.4 is 5.32 Å². The van der Waals surface area contributed by atoms with Crippen LogP contribution in [0.3, 0.4) is 0 Å². The van der Waals surface area contributed by atoms with Crippen LogP contribution in [0.15, 0.2) is 0 Å². The molecule has 3 aliphatic heterocycles. The maximum atomic E-state index is 12.6. The van der Waals surface area contributed by atoms with Crippen molar-refractivity contribution >= 4 is 11.8 Å². The first-order valence-electron chi connectivity index (χ1n) is 9.16. The van der Waals surface area contributed by atoms with Crippen molar-refractivity contribution in [3.05, 3.63) is 0 Å². The molecule has 6 nitrogen and oxygen atoms in total. The monoisotopic (exact) mass is 322 g/mol. The first-order chi connectivity index (χ1) is 11.1. The average Bonchev–Trinajstić information content (AvgIpc) is 3.07. The lowest BCUT2D eigenvalue weighted by Gasteiger charge is -2.38. The van der Waals surface area contributed by atoms with Gasteiger partial charge in [-0.05, 0) is 52.2 Å². The van der Waals surface area contributed by atoms with Gasteiger partial charge in [0.15, 0.2) is 0 Å². The third-order valence-corrected chi connectivity index (χ3v) is 5.47. The molecule has 130 valence electrons. The lowest BCUT2D eigenvalue weighted by molar-refractivity contribution is -0.143. The minimum absolute atomic E-state index is 0.165. The number of nitrogens with one attached hydrogen (secondary N) is 1. The lowest BCUT2D eigenvalue weighted by Crippen LogP contribution is -2.54. The third kappa shape index (κ3) is 4.23. The number of carbonyl (C=O) groups is 2. The molecular formula is C17H30N4O2. The summed E-state index contributed by atoms with van der Waals surface area (Å²) in [4.78, 5) is 31.1. The number of rotatable bonds is 3. The van der Waals surface area contributed by atoms with E-state index in [1.165, 1.54) is 12.8 Å². The molecule has 0 aromatic heterocycles. The van der Waals surface area contributed by atoms with Crippen LogP contribution in [0.4, 0.5) is 0 Å². The number of carbonyl (C=O) groups excluding carboxylic acids is 2. The van der Waals surface area contributed by atoms with Crippen LogP contribution in [0, 0.1) is 5.92 Å². The zero-order valence-electron chi connectivity index (χ0n) is 14.3. The van der Waals surface area contributed by atoms with E-state index in [2.05, 4.69) is 17.1 Å². The van der Waals surface area contributed by atoms with E-state index >= 15 is 0 Å². The molecule has 2 amide bonds. The van der Waals surface area contributed by atoms with Crippen LogP contribution in [0.1, 0.15) is 32.6 Å². The van der Waals surface area contributed by atoms with Gasteiger partial charge >= 0.3 is 0 Å². The first-order valence-corrected chi connectivity index (χ1v) is 9.16. The molecule has 3 aliphatic rings. The molecule has 23 heavy (non-hydrogen) atoms. The average molecular weight is 322 g/mol. The number of nitrogens with zero attached hydrogens (tertiary/aromatic N) is 3. The standard InChI is InChI=1S/C17H30N4O2/c1-14-12-15(4-5-18-14)17(23)21-10-8-20(9-11-21)16(22)13-19-6-2-3-7-19/h14-15,18H,2-13H2,1H3/t14-,15-/m0/s1. The van der Waals surface area contributed by atoms with Gasteiger partial charge in [-0.3, -0.25) is 14.5 Å². The Kier molecular flexibility index (Phi) is 5.54. The molecule has 6 heteroatoms. The second-order valence-electron chi connectivity index (χ2n) is 7.27. The Hall–Kier alpha value is -1.14. The maximum Gasteiger partial charge on any atom is 0.236 e. The van der Waals surface area contributed by atoms with Gasteiger partial charge in [0, 0.05) is 38.1 Å². The van der Waals surface area contributed by atoms with Crippen molar-refractivity contribution in [3.63, 3.8) is 0 Å². The molecule has 0 unspecified atom stereocenters. The maximum absolute atomic E-state index is 12.6. The van der Waals surface area contributed by atoms with E-state index in [4.69, 9.17) is 0 Å². The van der Waals surface area contributed by atoms with Crippen LogP contribution in [-0.4, -0.2) is 84.9 Å². The Morgan fingerprint density at radius 3 is 2.30 bits per heavy atom. The summed E-state index contributed by atoms with van der Waals surface area (Å²) in [6.07, 6.45) is 4.30. The number of hydrogen-bond donors (Lipinski definition) is 1. The van der Waals surface area contributed by atoms with Crippen molar-refractivity contribution < 1.29 is 9.59 Å². The largest absolute Gasteiger partial charge is 0.339 e. The van der Waals surface area contributed by atoms with E-state index < -0.39 is 0 Å². The second-order valence-corrected chi connectivity index (χ2v) is 7.27. The van der Waals surface area contributed by atoms with Crippen LogP contribution in [0.25, 0.3) is 0 Å². The molecule has 0 radical (unpaired) electrons. The molecule has 0 spiro atoms. The minimum atomic E-state index is 0.165. The highest BCUT2D eigenvalue weighted by molar-refractivity contribution is 5.81. The van der Waals surface area contributed by atoms with Crippen LogP contribution in [0.2, 0.25) is 0 Å². The fraction of sp³-hybridized carbons (Fsp3) is 0.882. The van der Waals surface area contributed by atoms with Gasteiger partial charge < -0.3 is 15.1 Å². The summed E-state index contributed by atoms with van der Waals surface area (Å²) < 4.78 is 0. The third-order valence-electron chi connectivity index (χ3n) is 5.47. The molecule has 1 N–H and O–H groups in total. The topological polar surface area (TPSA) is 55.9 Å². The fourth-order valence-electron chi connectivity index (χ4n) is 4.02. The predicted octanol–water partition coefficient (Wildman–Crippen LogP) is 0.141. The quantitative estimate of drug-likeness (QED) is 0.803. The molecule has 0 bridgehead atoms. The Labute approximate surface area is 139 Å². The summed E-state index contributed by atoms with van der Waals surface area (Å²) in [5.74, 6) is 0.692. The number of likely N-dealkylation sites (tertiary alicyclic amines) is 1. The Morgan fingerprint density at radius 2 is 1.65 bits per heavy atom. The summed E-state index contributed by atoms with van der Waals surface area (Å²) in [6, 6.07) is 0.432. The predicted molar refractivity (Wildman–Crippen MR) is 89.0 cm³/mol. The van der Waals surface area contributed by atoms with Crippen molar-refractivity contribution in [1.29, 1.82) is 0 Å². The molecule has 0 saturated carbocycles. The normalized spacial score (nSPS) is 29.8. The summed E-state index contributed by atoms with van der Waals surface area (Å²) in [7, 11) is 0. The number of piperazine rings is 1. The van der Waals surface area contributed by atoms with Gasteiger partial charge in [-0.15, -0.1) is 0 Å². The van der Waals surface area contributed by atoms with Gasteiger partial charge in [0.25, 0.3) is 0 Å². The SMILES string of the molecule is C[C@H]1C[C@@H](C(=O)N2CCN(C(=O)CN3CCCC3)CC2)CCN1. The van der Waals surface area contributed by atoms with E-state index in [9.17, 15) is 9.59 Å². The smallest absolute Gasteiger partial charge is 0.236 e. The van der Waals surface area contributed by atoms with E-state index in [0.717, 1.165) is 32.5 Å². The molecule has 2 atom stereocenters. The van der Waals surface area contributed by atoms with E-state index in [0.29, 0.717) is 44.7 Å². The molecule has 3 saturated heterocycles. The number of hydrogen-bond acceptors (Lipinski definition) is 4. The summed E-state index contributed by atoms with van der Waals surface area (Å²) in [5, 5.41) is 3.40. The van der Waals surface area contributed by atoms with E-state index in [-0.39, 0.29) is 11.8 Å². The number of amides is 2. The van der Waals surface area contributed by atoms with Gasteiger partial charge in [0.05, 0.1) is 6.54 Å². The molecular weight excluding hydrogens is 292 g/mol. The molecule has 3 fully saturated rings. The Morgan fingerprint density at radius 1 is 1.00 bits per heavy atom. The van der Waals surface area contributed by atoms with Crippen molar-refractivity contribution in [2.75, 3.05) is 52.4 Å². The van der Waals surface area contributed by atoms with Gasteiger partial charge in [-0.2, -0.15) is 0 Å². The van der Waals surface area contributed by atoms with Crippen molar-refractivity contribution in [2.45, 2.75) is 38.6 Å². The Bertz CT molecular complexity index is 428. The lowest BCUT2D eigenvalue weighted by atomic mass is 9.92. The van der Waals surface area contributed by atoms with Gasteiger partial charge in [-0.25, -0.2) is 0 Å². The second kappa shape index (κ2) is 7.62. The zero-order valence-corrected chi connectivity index (χ0v) is 14.3. The van der Waals surface area contributed by atoms with E-state index in [1.807, 2.05) is 9.80 Å². The number of piperidine rings is 1. The molecule has 0 aromatic carbocycles. The van der Waals surface area contributed by atoms with Crippen molar-refractivity contribution in [1.82, 2.24) is 20.0 Å². The first kappa shape index (κ1) is 16.7. The minimum Gasteiger partial charge on any atom is -0.339 e. The molecule has 0 aromatic rings. The van der Waals surface area contributed by atoms with Gasteiger partial charge in [0.1, 0.15) is 0 Å². The van der Waals surface area contributed by atoms with E-state index in [1.54, 1.807) is 0 Å². The van der Waals surface area contributed by atoms with Gasteiger partial charge in [-0.1, -0.05) is 0 Å². The van der Waals surface area contributed by atoms with Crippen molar-refractivity contribution in [2.24, 2.45) is 5.92 Å². The molecule has 3 heterocycles. The van der Waals surface area contributed by atoms with Crippen molar-refractivity contribution in [3.8, 4) is 0 Å². The zero-order chi connectivity index (χ0) is 16.2. The molecule has 3 rings (SSSR count). The highest BCUT2D eigenvalue weighted by atomic mass is 16.2. The fourth-order valence-corrected chi connectivity index (χ4v) is 4.02. The summed E-state index contributed by atoms with van der Waals surface area (Å²) >= 11 is 0.